The van der Waals surface area contributed by atoms with Gasteiger partial charge in [-0.05, 0) is 56.5 Å². The minimum atomic E-state index is 0.390. The van der Waals surface area contributed by atoms with Crippen molar-refractivity contribution >= 4 is 0 Å². The zero-order chi connectivity index (χ0) is 23.2. The molecule has 0 bridgehead atoms. The number of benzene rings is 1. The molecule has 0 atom stereocenters. The van der Waals surface area contributed by atoms with Gasteiger partial charge in [0.05, 0.1) is 52.4 Å². The van der Waals surface area contributed by atoms with Crippen LogP contribution in [0.2, 0.25) is 0 Å². The molecule has 1 heterocycles. The van der Waals surface area contributed by atoms with Gasteiger partial charge in [-0.3, -0.25) is 0 Å². The number of hydrogen-bond acceptors (Lipinski definition) is 6. The Morgan fingerprint density at radius 3 is 1.94 bits per heavy atom. The van der Waals surface area contributed by atoms with Crippen molar-refractivity contribution in [3.8, 4) is 5.75 Å². The van der Waals surface area contributed by atoms with Gasteiger partial charge in [-0.2, -0.15) is 0 Å². The number of piperidine rings is 1. The highest BCUT2D eigenvalue weighted by Crippen LogP contribution is 2.15. The molecule has 33 heavy (non-hydrogen) atoms. The van der Waals surface area contributed by atoms with Crippen LogP contribution in [0.4, 0.5) is 0 Å². The standard InChI is InChI=1S/C27H47NO5/c1-2-3-4-5-6-7-8-25-9-11-26(12-10-25)32-23-21-30-19-17-29-18-20-31-22-24-33-27-13-15-28-16-14-27/h9-12,27-28H,2-8,13-24H2,1H3. The number of hydrogen-bond donors (Lipinski definition) is 1. The summed E-state index contributed by atoms with van der Waals surface area (Å²) in [5.74, 6) is 0.905. The van der Waals surface area contributed by atoms with E-state index in [2.05, 4.69) is 36.5 Å². The molecule has 1 aliphatic rings. The van der Waals surface area contributed by atoms with E-state index in [-0.39, 0.29) is 0 Å². The highest BCUT2D eigenvalue weighted by Gasteiger charge is 2.12. The lowest BCUT2D eigenvalue weighted by atomic mass is 10.0. The lowest BCUT2D eigenvalue weighted by molar-refractivity contribution is -0.0260. The second-order valence-corrected chi connectivity index (χ2v) is 8.67. The van der Waals surface area contributed by atoms with Gasteiger partial charge in [0.1, 0.15) is 12.4 Å². The number of ether oxygens (including phenoxy) is 5. The number of unbranched alkanes of at least 4 members (excludes halogenated alkanes) is 5. The van der Waals surface area contributed by atoms with E-state index < -0.39 is 0 Å². The molecule has 1 aromatic rings. The monoisotopic (exact) mass is 465 g/mol. The van der Waals surface area contributed by atoms with Gasteiger partial charge in [-0.15, -0.1) is 0 Å². The third-order valence-corrected chi connectivity index (χ3v) is 5.85. The van der Waals surface area contributed by atoms with Crippen molar-refractivity contribution < 1.29 is 23.7 Å². The number of nitrogens with one attached hydrogen (secondary N) is 1. The van der Waals surface area contributed by atoms with Gasteiger partial charge in [0.25, 0.3) is 0 Å². The summed E-state index contributed by atoms with van der Waals surface area (Å²) in [6, 6.07) is 8.48. The average Bonchev–Trinajstić information content (AvgIpc) is 2.85. The molecule has 0 saturated carbocycles. The van der Waals surface area contributed by atoms with Crippen LogP contribution >= 0.6 is 0 Å². The molecule has 0 aromatic heterocycles. The molecule has 1 fully saturated rings. The molecule has 0 unspecified atom stereocenters. The van der Waals surface area contributed by atoms with Crippen LogP contribution in [0.1, 0.15) is 63.9 Å². The Morgan fingerprint density at radius 2 is 1.27 bits per heavy atom. The van der Waals surface area contributed by atoms with E-state index in [0.29, 0.717) is 59.0 Å². The van der Waals surface area contributed by atoms with Gasteiger partial charge in [-0.25, -0.2) is 0 Å². The Bertz CT molecular complexity index is 548. The molecule has 2 rings (SSSR count). The Hall–Kier alpha value is -1.18. The third kappa shape index (κ3) is 15.4. The van der Waals surface area contributed by atoms with Crippen molar-refractivity contribution in [2.24, 2.45) is 0 Å². The maximum Gasteiger partial charge on any atom is 0.119 e. The molecular formula is C27H47NO5. The molecule has 1 aromatic carbocycles. The highest BCUT2D eigenvalue weighted by atomic mass is 16.6. The number of aryl methyl sites for hydroxylation is 1. The van der Waals surface area contributed by atoms with Gasteiger partial charge in [0.15, 0.2) is 0 Å². The van der Waals surface area contributed by atoms with E-state index in [1.807, 2.05) is 0 Å². The predicted octanol–water partition coefficient (Wildman–Crippen LogP) is 4.79. The van der Waals surface area contributed by atoms with Crippen molar-refractivity contribution in [2.45, 2.75) is 70.8 Å². The van der Waals surface area contributed by atoms with Gasteiger partial charge in [0, 0.05) is 0 Å². The topological polar surface area (TPSA) is 58.2 Å². The van der Waals surface area contributed by atoms with Crippen LogP contribution in [-0.4, -0.2) is 72.0 Å². The van der Waals surface area contributed by atoms with Crippen LogP contribution in [-0.2, 0) is 25.4 Å². The highest BCUT2D eigenvalue weighted by molar-refractivity contribution is 5.27. The zero-order valence-electron chi connectivity index (χ0n) is 20.9. The maximum absolute atomic E-state index is 5.80. The normalized spacial score (nSPS) is 14.6. The zero-order valence-corrected chi connectivity index (χ0v) is 20.9. The van der Waals surface area contributed by atoms with E-state index in [0.717, 1.165) is 38.1 Å². The average molecular weight is 466 g/mol. The summed E-state index contributed by atoms with van der Waals surface area (Å²) >= 11 is 0. The molecule has 190 valence electrons. The summed E-state index contributed by atoms with van der Waals surface area (Å²) < 4.78 is 28.2. The minimum absolute atomic E-state index is 0.390. The minimum Gasteiger partial charge on any atom is -0.491 e. The predicted molar refractivity (Wildman–Crippen MR) is 133 cm³/mol. The van der Waals surface area contributed by atoms with E-state index in [9.17, 15) is 0 Å². The van der Waals surface area contributed by atoms with Crippen LogP contribution in [0.3, 0.4) is 0 Å². The second kappa shape index (κ2) is 20.2. The molecule has 6 nitrogen and oxygen atoms in total. The van der Waals surface area contributed by atoms with Gasteiger partial charge < -0.3 is 29.0 Å². The summed E-state index contributed by atoms with van der Waals surface area (Å²) in [5, 5.41) is 3.34. The van der Waals surface area contributed by atoms with Crippen LogP contribution in [0.25, 0.3) is 0 Å². The van der Waals surface area contributed by atoms with E-state index in [1.165, 1.54) is 44.1 Å². The van der Waals surface area contributed by atoms with Crippen LogP contribution in [0.5, 0.6) is 5.75 Å². The van der Waals surface area contributed by atoms with Crippen molar-refractivity contribution in [2.75, 3.05) is 65.9 Å². The molecule has 0 spiro atoms. The fourth-order valence-corrected chi connectivity index (χ4v) is 3.86. The first-order valence-electron chi connectivity index (χ1n) is 13.2. The fraction of sp³-hybridized carbons (Fsp3) is 0.778. The molecule has 0 radical (unpaired) electrons. The van der Waals surface area contributed by atoms with Crippen molar-refractivity contribution in [3.63, 3.8) is 0 Å². The smallest absolute Gasteiger partial charge is 0.119 e. The van der Waals surface area contributed by atoms with E-state index in [1.54, 1.807) is 0 Å². The third-order valence-electron chi connectivity index (χ3n) is 5.85. The van der Waals surface area contributed by atoms with E-state index in [4.69, 9.17) is 23.7 Å². The van der Waals surface area contributed by atoms with Crippen molar-refractivity contribution in [1.29, 1.82) is 0 Å². The molecule has 1 aliphatic heterocycles. The lowest BCUT2D eigenvalue weighted by Gasteiger charge is -2.22. The molecular weight excluding hydrogens is 418 g/mol. The lowest BCUT2D eigenvalue weighted by Crippen LogP contribution is -2.33. The summed E-state index contributed by atoms with van der Waals surface area (Å²) in [7, 11) is 0. The van der Waals surface area contributed by atoms with Gasteiger partial charge in [-0.1, -0.05) is 51.2 Å². The Labute approximate surface area is 201 Å². The first-order valence-corrected chi connectivity index (χ1v) is 13.2. The van der Waals surface area contributed by atoms with Crippen LogP contribution < -0.4 is 10.1 Å². The molecule has 6 heteroatoms. The van der Waals surface area contributed by atoms with Crippen LogP contribution in [0, 0.1) is 0 Å². The molecule has 0 aliphatic carbocycles. The summed E-state index contributed by atoms with van der Waals surface area (Å²) in [6.07, 6.45) is 11.8. The quantitative estimate of drug-likeness (QED) is 0.264. The first kappa shape index (κ1) is 28.1. The Balaban J connectivity index is 1.32. The molecule has 1 N–H and O–H groups in total. The molecule has 0 amide bonds. The summed E-state index contributed by atoms with van der Waals surface area (Å²) in [5.41, 5.74) is 1.39. The maximum atomic E-state index is 5.80. The number of rotatable bonds is 21. The van der Waals surface area contributed by atoms with Gasteiger partial charge in [0.2, 0.25) is 0 Å². The van der Waals surface area contributed by atoms with Crippen molar-refractivity contribution in [3.05, 3.63) is 29.8 Å². The molecule has 1 saturated heterocycles. The van der Waals surface area contributed by atoms with E-state index >= 15 is 0 Å². The first-order chi connectivity index (χ1) is 16.4. The van der Waals surface area contributed by atoms with Crippen molar-refractivity contribution in [1.82, 2.24) is 5.32 Å². The largest absolute Gasteiger partial charge is 0.491 e. The second-order valence-electron chi connectivity index (χ2n) is 8.67. The fourth-order valence-electron chi connectivity index (χ4n) is 3.86. The van der Waals surface area contributed by atoms with Crippen LogP contribution in [0.15, 0.2) is 24.3 Å². The Kier molecular flexibility index (Phi) is 17.2. The summed E-state index contributed by atoms with van der Waals surface area (Å²) in [6.45, 7) is 9.09. The SMILES string of the molecule is CCCCCCCCc1ccc(OCCOCCOCCOCCOC2CCNCC2)cc1. The Morgan fingerprint density at radius 1 is 0.697 bits per heavy atom. The summed E-state index contributed by atoms with van der Waals surface area (Å²) in [4.78, 5) is 0. The van der Waals surface area contributed by atoms with Gasteiger partial charge >= 0.3 is 0 Å².